The van der Waals surface area contributed by atoms with Crippen LogP contribution < -0.4 is 5.32 Å². The molecular weight excluding hydrogens is 288 g/mol. The van der Waals surface area contributed by atoms with Gasteiger partial charge in [-0.1, -0.05) is 30.3 Å². The first kappa shape index (κ1) is 15.7. The zero-order chi connectivity index (χ0) is 15.4. The molecule has 2 amide bonds. The summed E-state index contributed by atoms with van der Waals surface area (Å²) >= 11 is 0. The van der Waals surface area contributed by atoms with E-state index in [1.54, 1.807) is 6.26 Å². The lowest BCUT2D eigenvalue weighted by atomic mass is 10.0. The molecule has 0 aliphatic carbocycles. The van der Waals surface area contributed by atoms with Crippen molar-refractivity contribution in [2.24, 2.45) is 0 Å². The smallest absolute Gasteiger partial charge is 0.246 e. The van der Waals surface area contributed by atoms with E-state index in [1.165, 1.54) is 4.90 Å². The monoisotopic (exact) mass is 308 g/mol. The van der Waals surface area contributed by atoms with Gasteiger partial charge in [0.1, 0.15) is 6.04 Å². The second-order valence-corrected chi connectivity index (χ2v) is 7.14. The fourth-order valence-corrected chi connectivity index (χ4v) is 2.72. The van der Waals surface area contributed by atoms with Crippen LogP contribution in [0.15, 0.2) is 30.3 Å². The van der Waals surface area contributed by atoms with Crippen molar-refractivity contribution >= 4 is 22.6 Å². The van der Waals surface area contributed by atoms with E-state index in [-0.39, 0.29) is 23.6 Å². The summed E-state index contributed by atoms with van der Waals surface area (Å²) in [6, 6.07) is 9.06. The van der Waals surface area contributed by atoms with Crippen LogP contribution in [0.2, 0.25) is 0 Å². The number of piperazine rings is 1. The van der Waals surface area contributed by atoms with Crippen LogP contribution in [-0.4, -0.2) is 51.6 Å². The molecule has 114 valence electrons. The summed E-state index contributed by atoms with van der Waals surface area (Å²) in [5.41, 5.74) is 1.00. The fourth-order valence-electron chi connectivity index (χ4n) is 2.33. The molecule has 5 nitrogen and oxygen atoms in total. The molecular formula is C15H20N2O3S. The van der Waals surface area contributed by atoms with Crippen molar-refractivity contribution in [3.05, 3.63) is 35.9 Å². The van der Waals surface area contributed by atoms with Crippen LogP contribution in [0.4, 0.5) is 0 Å². The van der Waals surface area contributed by atoms with E-state index in [1.807, 2.05) is 37.3 Å². The largest absolute Gasteiger partial charge is 0.342 e. The highest BCUT2D eigenvalue weighted by atomic mass is 32.2. The Kier molecular flexibility index (Phi) is 5.12. The number of hydrogen-bond acceptors (Lipinski definition) is 3. The van der Waals surface area contributed by atoms with Crippen LogP contribution in [0, 0.1) is 0 Å². The summed E-state index contributed by atoms with van der Waals surface area (Å²) in [6.45, 7) is 2.22. The van der Waals surface area contributed by atoms with Gasteiger partial charge >= 0.3 is 0 Å². The zero-order valence-corrected chi connectivity index (χ0v) is 13.1. The number of rotatable bonds is 5. The van der Waals surface area contributed by atoms with Gasteiger partial charge in [0.2, 0.25) is 11.8 Å². The van der Waals surface area contributed by atoms with Crippen LogP contribution in [0.1, 0.15) is 12.5 Å². The van der Waals surface area contributed by atoms with Crippen molar-refractivity contribution in [3.63, 3.8) is 0 Å². The summed E-state index contributed by atoms with van der Waals surface area (Å²) in [6.07, 6.45) is 2.09. The maximum Gasteiger partial charge on any atom is 0.246 e. The molecule has 1 N–H and O–H groups in total. The number of nitrogens with one attached hydrogen (secondary N) is 1. The lowest BCUT2D eigenvalue weighted by Crippen LogP contribution is -2.59. The molecule has 1 aliphatic rings. The van der Waals surface area contributed by atoms with E-state index in [0.29, 0.717) is 13.0 Å². The molecule has 0 saturated carbocycles. The minimum Gasteiger partial charge on any atom is -0.342 e. The lowest BCUT2D eigenvalue weighted by molar-refractivity contribution is -0.144. The van der Waals surface area contributed by atoms with Crippen molar-refractivity contribution in [2.45, 2.75) is 24.6 Å². The van der Waals surface area contributed by atoms with E-state index >= 15 is 0 Å². The van der Waals surface area contributed by atoms with E-state index in [4.69, 9.17) is 0 Å². The standard InChI is InChI=1S/C15H20N2O3S/c1-11(21(2)20)9-17-10-14(18)16-13(15(17)19)8-12-6-4-3-5-7-12/h3-7,11,13H,8-10H2,1-2H3,(H,16,18). The van der Waals surface area contributed by atoms with E-state index < -0.39 is 16.8 Å². The van der Waals surface area contributed by atoms with Crippen LogP contribution in [-0.2, 0) is 26.8 Å². The number of carbonyl (C=O) groups excluding carboxylic acids is 2. The number of carbonyl (C=O) groups is 2. The molecule has 21 heavy (non-hydrogen) atoms. The molecule has 1 saturated heterocycles. The van der Waals surface area contributed by atoms with Crippen molar-refractivity contribution in [2.75, 3.05) is 19.3 Å². The predicted octanol–water partition coefficient (Wildman–Crippen LogP) is 0.323. The van der Waals surface area contributed by atoms with Gasteiger partial charge in [-0.3, -0.25) is 13.8 Å². The Hall–Kier alpha value is -1.69. The molecule has 1 aromatic carbocycles. The summed E-state index contributed by atoms with van der Waals surface area (Å²) in [4.78, 5) is 25.7. The second kappa shape index (κ2) is 6.85. The van der Waals surface area contributed by atoms with Gasteiger partial charge in [-0.2, -0.15) is 0 Å². The Morgan fingerprint density at radius 2 is 2.00 bits per heavy atom. The molecule has 1 fully saturated rings. The highest BCUT2D eigenvalue weighted by Crippen LogP contribution is 2.11. The minimum absolute atomic E-state index is 0.0473. The average Bonchev–Trinajstić information content (AvgIpc) is 2.44. The van der Waals surface area contributed by atoms with Crippen molar-refractivity contribution < 1.29 is 13.8 Å². The van der Waals surface area contributed by atoms with Crippen LogP contribution >= 0.6 is 0 Å². The molecule has 0 spiro atoms. The number of nitrogens with zero attached hydrogens (tertiary/aromatic N) is 1. The topological polar surface area (TPSA) is 66.5 Å². The van der Waals surface area contributed by atoms with Gasteiger partial charge < -0.3 is 10.2 Å². The lowest BCUT2D eigenvalue weighted by Gasteiger charge is -2.33. The van der Waals surface area contributed by atoms with Crippen molar-refractivity contribution in [3.8, 4) is 0 Å². The molecule has 2 rings (SSSR count). The van der Waals surface area contributed by atoms with Gasteiger partial charge in [-0.25, -0.2) is 0 Å². The zero-order valence-electron chi connectivity index (χ0n) is 12.2. The predicted molar refractivity (Wildman–Crippen MR) is 82.2 cm³/mol. The Morgan fingerprint density at radius 3 is 2.62 bits per heavy atom. The van der Waals surface area contributed by atoms with Gasteiger partial charge in [-0.15, -0.1) is 0 Å². The molecule has 3 unspecified atom stereocenters. The third-order valence-electron chi connectivity index (χ3n) is 3.61. The van der Waals surface area contributed by atoms with Gasteiger partial charge in [-0.05, 0) is 12.5 Å². The summed E-state index contributed by atoms with van der Waals surface area (Å²) < 4.78 is 11.5. The minimum atomic E-state index is -1.01. The van der Waals surface area contributed by atoms with Gasteiger partial charge in [0.15, 0.2) is 0 Å². The molecule has 1 heterocycles. The summed E-state index contributed by atoms with van der Waals surface area (Å²) in [5, 5.41) is 2.60. The Morgan fingerprint density at radius 1 is 1.33 bits per heavy atom. The first-order chi connectivity index (χ1) is 9.97. The highest BCUT2D eigenvalue weighted by Gasteiger charge is 2.33. The number of hydrogen-bond donors (Lipinski definition) is 1. The summed E-state index contributed by atoms with van der Waals surface area (Å²) in [5.74, 6) is -0.264. The van der Waals surface area contributed by atoms with Gasteiger partial charge in [0.05, 0.1) is 6.54 Å². The van der Waals surface area contributed by atoms with Gasteiger partial charge in [0, 0.05) is 35.3 Å². The fraction of sp³-hybridized carbons (Fsp3) is 0.467. The van der Waals surface area contributed by atoms with Crippen molar-refractivity contribution in [1.29, 1.82) is 0 Å². The number of benzene rings is 1. The first-order valence-electron chi connectivity index (χ1n) is 6.91. The Balaban J connectivity index is 2.07. The number of amides is 2. The average molecular weight is 308 g/mol. The molecule has 0 radical (unpaired) electrons. The molecule has 0 aromatic heterocycles. The molecule has 6 heteroatoms. The van der Waals surface area contributed by atoms with E-state index in [2.05, 4.69) is 5.32 Å². The van der Waals surface area contributed by atoms with Crippen LogP contribution in [0.3, 0.4) is 0 Å². The molecule has 0 bridgehead atoms. The van der Waals surface area contributed by atoms with E-state index in [9.17, 15) is 13.8 Å². The third-order valence-corrected chi connectivity index (χ3v) is 4.89. The normalized spacial score (nSPS) is 21.8. The molecule has 1 aliphatic heterocycles. The maximum absolute atomic E-state index is 12.4. The highest BCUT2D eigenvalue weighted by molar-refractivity contribution is 7.84. The molecule has 3 atom stereocenters. The second-order valence-electron chi connectivity index (χ2n) is 5.34. The molecule has 1 aromatic rings. The Bertz CT molecular complexity index is 547. The van der Waals surface area contributed by atoms with E-state index in [0.717, 1.165) is 5.56 Å². The Labute approximate surface area is 127 Å². The van der Waals surface area contributed by atoms with Gasteiger partial charge in [0.25, 0.3) is 0 Å². The third kappa shape index (κ3) is 4.14. The summed E-state index contributed by atoms with van der Waals surface area (Å²) in [7, 11) is -1.01. The first-order valence-corrected chi connectivity index (χ1v) is 8.54. The SMILES string of the molecule is CC(CN1CC(=O)NC(Cc2ccccc2)C1=O)S(C)=O. The quantitative estimate of drug-likeness (QED) is 0.852. The van der Waals surface area contributed by atoms with Crippen LogP contribution in [0.25, 0.3) is 0 Å². The maximum atomic E-state index is 12.4. The van der Waals surface area contributed by atoms with Crippen molar-refractivity contribution in [1.82, 2.24) is 10.2 Å². The van der Waals surface area contributed by atoms with Crippen LogP contribution in [0.5, 0.6) is 0 Å².